The lowest BCUT2D eigenvalue weighted by atomic mass is 9.87. The number of oxazole rings is 1. The molecule has 0 bridgehead atoms. The van der Waals surface area contributed by atoms with Crippen molar-refractivity contribution in [1.82, 2.24) is 4.98 Å². The summed E-state index contributed by atoms with van der Waals surface area (Å²) in [5.74, 6) is 0.488. The summed E-state index contributed by atoms with van der Waals surface area (Å²) in [6.45, 7) is 10.5. The molecule has 0 saturated heterocycles. The van der Waals surface area contributed by atoms with E-state index in [2.05, 4.69) is 37.9 Å². The smallest absolute Gasteiger partial charge is 0.227 e. The Balaban J connectivity index is 0.000000861. The average Bonchev–Trinajstić information content (AvgIpc) is 2.89. The Labute approximate surface area is 114 Å². The van der Waals surface area contributed by atoms with Crippen LogP contribution in [0.15, 0.2) is 34.9 Å². The van der Waals surface area contributed by atoms with E-state index in [1.165, 1.54) is 11.8 Å². The van der Waals surface area contributed by atoms with E-state index in [9.17, 15) is 0 Å². The highest BCUT2D eigenvalue weighted by atomic mass is 16.3. The molecule has 0 fully saturated rings. The lowest BCUT2D eigenvalue weighted by Crippen LogP contribution is -2.10. The Bertz CT molecular complexity index is 554. The molecule has 0 N–H and O–H groups in total. The third-order valence-corrected chi connectivity index (χ3v) is 2.62. The summed E-state index contributed by atoms with van der Waals surface area (Å²) in [6.07, 6.45) is 1.37. The van der Waals surface area contributed by atoms with Crippen molar-refractivity contribution >= 4 is 0 Å². The number of benzene rings is 1. The van der Waals surface area contributed by atoms with E-state index in [1.807, 2.05) is 32.0 Å². The van der Waals surface area contributed by atoms with E-state index >= 15 is 0 Å². The zero-order chi connectivity index (χ0) is 14.5. The van der Waals surface area contributed by atoms with Gasteiger partial charge < -0.3 is 4.42 Å². The minimum Gasteiger partial charge on any atom is -0.443 e. The summed E-state index contributed by atoms with van der Waals surface area (Å²) in [5.41, 5.74) is 2.58. The fourth-order valence-electron chi connectivity index (χ4n) is 1.57. The molecule has 3 heteroatoms. The van der Waals surface area contributed by atoms with Gasteiger partial charge in [0, 0.05) is 5.56 Å². The molecule has 0 unspecified atom stereocenters. The van der Waals surface area contributed by atoms with Crippen LogP contribution in [0.2, 0.25) is 0 Å². The van der Waals surface area contributed by atoms with Gasteiger partial charge in [-0.15, -0.1) is 0 Å². The van der Waals surface area contributed by atoms with Crippen LogP contribution in [0.4, 0.5) is 0 Å². The highest BCUT2D eigenvalue weighted by Crippen LogP contribution is 2.25. The Kier molecular flexibility index (Phi) is 4.88. The van der Waals surface area contributed by atoms with E-state index in [4.69, 9.17) is 9.68 Å². The molecule has 2 rings (SSSR count). The predicted molar refractivity (Wildman–Crippen MR) is 76.7 cm³/mol. The van der Waals surface area contributed by atoms with Crippen molar-refractivity contribution < 1.29 is 4.42 Å². The molecule has 0 aliphatic heterocycles. The van der Waals surface area contributed by atoms with Gasteiger partial charge in [-0.2, -0.15) is 10.2 Å². The predicted octanol–water partition coefficient (Wildman–Crippen LogP) is 4.54. The topological polar surface area (TPSA) is 49.8 Å². The summed E-state index contributed by atoms with van der Waals surface area (Å²) in [5, 5.41) is 8.68. The number of hydrogen-bond donors (Lipinski definition) is 0. The maximum absolute atomic E-state index is 8.68. The zero-order valence-electron chi connectivity index (χ0n) is 12.2. The molecule has 100 valence electrons. The molecule has 0 radical (unpaired) electrons. The molecule has 19 heavy (non-hydrogen) atoms. The van der Waals surface area contributed by atoms with Crippen LogP contribution in [0.25, 0.3) is 11.5 Å². The van der Waals surface area contributed by atoms with Crippen LogP contribution in [0.5, 0.6) is 0 Å². The molecule has 0 atom stereocenters. The van der Waals surface area contributed by atoms with Gasteiger partial charge >= 0.3 is 0 Å². The first-order valence-electron chi connectivity index (χ1n) is 6.47. The molecule has 0 aliphatic rings. The molecule has 1 aromatic heterocycles. The van der Waals surface area contributed by atoms with Crippen LogP contribution in [0.3, 0.4) is 0 Å². The summed E-state index contributed by atoms with van der Waals surface area (Å²) in [6, 6.07) is 10.0. The normalized spacial score (nSPS) is 10.3. The Morgan fingerprint density at radius 1 is 1.11 bits per heavy atom. The maximum atomic E-state index is 8.68. The lowest BCUT2D eigenvalue weighted by Gasteiger charge is -2.18. The summed E-state index contributed by atoms with van der Waals surface area (Å²) < 4.78 is 5.23. The van der Waals surface area contributed by atoms with Crippen LogP contribution in [-0.2, 0) is 5.41 Å². The molecule has 3 nitrogen and oxygen atoms in total. The fourth-order valence-corrected chi connectivity index (χ4v) is 1.57. The van der Waals surface area contributed by atoms with Gasteiger partial charge in [-0.05, 0) is 23.1 Å². The molecule has 0 aliphatic carbocycles. The zero-order valence-corrected chi connectivity index (χ0v) is 12.2. The van der Waals surface area contributed by atoms with E-state index in [0.717, 1.165) is 5.56 Å². The molecule has 0 amide bonds. The lowest BCUT2D eigenvalue weighted by molar-refractivity contribution is 0.573. The van der Waals surface area contributed by atoms with Gasteiger partial charge in [-0.3, -0.25) is 0 Å². The number of nitrogens with zero attached hydrogens (tertiary/aromatic N) is 2. The van der Waals surface area contributed by atoms with Gasteiger partial charge in [0.15, 0.2) is 5.69 Å². The molecule has 0 saturated carbocycles. The van der Waals surface area contributed by atoms with Crippen molar-refractivity contribution in [2.75, 3.05) is 0 Å². The minimum atomic E-state index is 0.132. The van der Waals surface area contributed by atoms with E-state index in [0.29, 0.717) is 11.6 Å². The first kappa shape index (κ1) is 15.0. The monoisotopic (exact) mass is 256 g/mol. The van der Waals surface area contributed by atoms with Gasteiger partial charge in [0.1, 0.15) is 12.3 Å². The fraction of sp³-hybridized carbons (Fsp3) is 0.375. The third-order valence-electron chi connectivity index (χ3n) is 2.62. The first-order valence-corrected chi connectivity index (χ1v) is 6.47. The van der Waals surface area contributed by atoms with Crippen molar-refractivity contribution in [2.24, 2.45) is 0 Å². The van der Waals surface area contributed by atoms with Crippen molar-refractivity contribution in [3.8, 4) is 17.5 Å². The van der Waals surface area contributed by atoms with Crippen LogP contribution in [-0.4, -0.2) is 4.98 Å². The van der Waals surface area contributed by atoms with Crippen molar-refractivity contribution in [2.45, 2.75) is 40.0 Å². The summed E-state index contributed by atoms with van der Waals surface area (Å²) in [4.78, 5) is 4.06. The van der Waals surface area contributed by atoms with Gasteiger partial charge in [0.25, 0.3) is 0 Å². The van der Waals surface area contributed by atoms with Crippen molar-refractivity contribution in [3.63, 3.8) is 0 Å². The number of nitriles is 1. The number of hydrogen-bond acceptors (Lipinski definition) is 3. The van der Waals surface area contributed by atoms with E-state index in [1.54, 1.807) is 0 Å². The SMILES string of the molecule is CC.CC(C)(C)c1ccc(-c2nc(C#N)co2)cc1. The Hall–Kier alpha value is -2.08. The van der Waals surface area contributed by atoms with Gasteiger partial charge in [-0.1, -0.05) is 46.8 Å². The van der Waals surface area contributed by atoms with Crippen molar-refractivity contribution in [3.05, 3.63) is 41.8 Å². The average molecular weight is 256 g/mol. The van der Waals surface area contributed by atoms with Crippen LogP contribution >= 0.6 is 0 Å². The van der Waals surface area contributed by atoms with E-state index < -0.39 is 0 Å². The Morgan fingerprint density at radius 3 is 2.11 bits per heavy atom. The van der Waals surface area contributed by atoms with Crippen molar-refractivity contribution in [1.29, 1.82) is 5.26 Å². The van der Waals surface area contributed by atoms with E-state index in [-0.39, 0.29) is 5.41 Å². The van der Waals surface area contributed by atoms with Gasteiger partial charge in [0.2, 0.25) is 5.89 Å². The second kappa shape index (κ2) is 6.19. The summed E-state index contributed by atoms with van der Waals surface area (Å²) in [7, 11) is 0. The summed E-state index contributed by atoms with van der Waals surface area (Å²) >= 11 is 0. The molecule has 0 spiro atoms. The molecule has 1 aromatic carbocycles. The molecular formula is C16H20N2O. The van der Waals surface area contributed by atoms with Crippen LogP contribution in [0, 0.1) is 11.3 Å². The molecular weight excluding hydrogens is 236 g/mol. The third kappa shape index (κ3) is 3.69. The molecule has 2 aromatic rings. The highest BCUT2D eigenvalue weighted by molar-refractivity contribution is 5.54. The van der Waals surface area contributed by atoms with Gasteiger partial charge in [0.05, 0.1) is 0 Å². The largest absolute Gasteiger partial charge is 0.443 e. The standard InChI is InChI=1S/C14H14N2O.C2H6/c1-14(2,3)11-6-4-10(5-7-11)13-16-12(8-15)9-17-13;1-2/h4-7,9H,1-3H3;1-2H3. The Morgan fingerprint density at radius 2 is 1.68 bits per heavy atom. The number of aromatic nitrogens is 1. The molecule has 1 heterocycles. The minimum absolute atomic E-state index is 0.132. The highest BCUT2D eigenvalue weighted by Gasteiger charge is 2.14. The second-order valence-electron chi connectivity index (χ2n) is 4.98. The second-order valence-corrected chi connectivity index (χ2v) is 4.98. The number of rotatable bonds is 1. The van der Waals surface area contributed by atoms with Crippen LogP contribution < -0.4 is 0 Å². The first-order chi connectivity index (χ1) is 9.00. The van der Waals surface area contributed by atoms with Crippen LogP contribution in [0.1, 0.15) is 45.9 Å². The quantitative estimate of drug-likeness (QED) is 0.752. The maximum Gasteiger partial charge on any atom is 0.227 e. The van der Waals surface area contributed by atoms with Gasteiger partial charge in [-0.25, -0.2) is 0 Å².